The van der Waals surface area contributed by atoms with Crippen molar-refractivity contribution in [2.45, 2.75) is 0 Å². The molecule has 0 spiro atoms. The number of nitrogens with one attached hydrogen (secondary N) is 1. The summed E-state index contributed by atoms with van der Waals surface area (Å²) in [6, 6.07) is 4.90. The number of nitriles is 1. The Labute approximate surface area is 72.5 Å². The Kier molecular flexibility index (Phi) is 1.36. The van der Waals surface area contributed by atoms with Gasteiger partial charge in [0.15, 0.2) is 11.3 Å². The van der Waals surface area contributed by atoms with E-state index in [1.54, 1.807) is 24.4 Å². The fourth-order valence-corrected chi connectivity index (χ4v) is 1.18. The average Bonchev–Trinajstić information content (AvgIpc) is 2.53. The van der Waals surface area contributed by atoms with Crippen LogP contribution in [-0.4, -0.2) is 14.7 Å². The molecule has 0 unspecified atom stereocenters. The second kappa shape index (κ2) is 2.38. The van der Waals surface area contributed by atoms with E-state index < -0.39 is 5.56 Å². The monoisotopic (exact) mass is 175 g/mol. The maximum atomic E-state index is 11.1. The molecule has 5 nitrogen and oxygen atoms in total. The van der Waals surface area contributed by atoms with Gasteiger partial charge in [-0.25, -0.2) is 0 Å². The number of fused-ring (bicyclic) bond motifs is 1. The van der Waals surface area contributed by atoms with Crippen LogP contribution in [0, 0.1) is 11.3 Å². The molecule has 0 bridgehead atoms. The van der Waals surface area contributed by atoms with Crippen molar-refractivity contribution in [3.05, 3.63) is 34.2 Å². The fraction of sp³-hybridized carbons (Fsp3) is 0. The van der Waals surface area contributed by atoms with Crippen molar-refractivity contribution in [1.29, 1.82) is 5.26 Å². The number of H-pyrrole nitrogens is 1. The first-order valence-electron chi connectivity index (χ1n) is 3.56. The van der Waals surface area contributed by atoms with Gasteiger partial charge in [-0.05, 0) is 12.1 Å². The third-order valence-corrected chi connectivity index (χ3v) is 1.79. The van der Waals surface area contributed by atoms with Gasteiger partial charge < -0.3 is 5.11 Å². The van der Waals surface area contributed by atoms with Gasteiger partial charge in [0.25, 0.3) is 5.56 Å². The van der Waals surface area contributed by atoms with E-state index in [1.807, 2.05) is 0 Å². The molecule has 0 radical (unpaired) electrons. The van der Waals surface area contributed by atoms with Crippen LogP contribution in [0.3, 0.4) is 0 Å². The summed E-state index contributed by atoms with van der Waals surface area (Å²) in [7, 11) is 0. The van der Waals surface area contributed by atoms with Crippen LogP contribution in [0.15, 0.2) is 23.1 Å². The van der Waals surface area contributed by atoms with E-state index in [2.05, 4.69) is 5.10 Å². The van der Waals surface area contributed by atoms with Gasteiger partial charge in [-0.3, -0.25) is 14.4 Å². The summed E-state index contributed by atoms with van der Waals surface area (Å²) in [6.07, 6.45) is 1.58. The molecular formula is C8H5N3O2. The zero-order valence-corrected chi connectivity index (χ0v) is 6.48. The molecular weight excluding hydrogens is 170 g/mol. The Balaban J connectivity index is 3.04. The number of aromatic nitrogens is 2. The second-order valence-corrected chi connectivity index (χ2v) is 2.54. The predicted molar refractivity (Wildman–Crippen MR) is 44.4 cm³/mol. The van der Waals surface area contributed by atoms with E-state index in [0.29, 0.717) is 5.52 Å². The molecule has 13 heavy (non-hydrogen) atoms. The molecule has 2 N–H and O–H groups in total. The highest BCUT2D eigenvalue weighted by molar-refractivity contribution is 5.64. The highest BCUT2D eigenvalue weighted by Crippen LogP contribution is 2.18. The van der Waals surface area contributed by atoms with Crippen molar-refractivity contribution >= 4 is 5.52 Å². The van der Waals surface area contributed by atoms with E-state index in [1.165, 1.54) is 4.52 Å². The smallest absolute Gasteiger partial charge is 0.284 e. The van der Waals surface area contributed by atoms with Crippen LogP contribution in [-0.2, 0) is 0 Å². The first-order valence-corrected chi connectivity index (χ1v) is 3.56. The molecule has 0 atom stereocenters. The third-order valence-electron chi connectivity index (χ3n) is 1.79. The zero-order valence-electron chi connectivity index (χ0n) is 6.48. The van der Waals surface area contributed by atoms with Gasteiger partial charge in [-0.1, -0.05) is 0 Å². The summed E-state index contributed by atoms with van der Waals surface area (Å²) in [4.78, 5) is 11.1. The van der Waals surface area contributed by atoms with Crippen LogP contribution in [0.2, 0.25) is 0 Å². The minimum absolute atomic E-state index is 0.258. The lowest BCUT2D eigenvalue weighted by Crippen LogP contribution is -2.14. The van der Waals surface area contributed by atoms with Crippen LogP contribution in [0.4, 0.5) is 0 Å². The lowest BCUT2D eigenvalue weighted by atomic mass is 10.3. The summed E-state index contributed by atoms with van der Waals surface area (Å²) < 4.78 is 1.36. The van der Waals surface area contributed by atoms with Crippen molar-refractivity contribution in [3.63, 3.8) is 0 Å². The lowest BCUT2D eigenvalue weighted by Gasteiger charge is -1.98. The topological polar surface area (TPSA) is 81.3 Å². The minimum atomic E-state index is -0.594. The summed E-state index contributed by atoms with van der Waals surface area (Å²) in [5, 5.41) is 20.4. The average molecular weight is 175 g/mol. The van der Waals surface area contributed by atoms with Gasteiger partial charge in [0.1, 0.15) is 11.6 Å². The van der Waals surface area contributed by atoms with Crippen LogP contribution in [0.25, 0.3) is 5.52 Å². The van der Waals surface area contributed by atoms with Gasteiger partial charge in [0, 0.05) is 6.20 Å². The number of hydrogen-bond acceptors (Lipinski definition) is 3. The van der Waals surface area contributed by atoms with E-state index in [9.17, 15) is 9.90 Å². The molecule has 2 aromatic heterocycles. The molecule has 64 valence electrons. The molecule has 0 aromatic carbocycles. The van der Waals surface area contributed by atoms with Crippen molar-refractivity contribution in [1.82, 2.24) is 9.61 Å². The van der Waals surface area contributed by atoms with Gasteiger partial charge in [0.2, 0.25) is 0 Å². The van der Waals surface area contributed by atoms with E-state index in [0.717, 1.165) is 0 Å². The predicted octanol–water partition coefficient (Wildman–Crippen LogP) is 0.205. The molecule has 5 heteroatoms. The van der Waals surface area contributed by atoms with Crippen LogP contribution < -0.4 is 5.56 Å². The van der Waals surface area contributed by atoms with Crippen LogP contribution in [0.5, 0.6) is 5.75 Å². The summed E-state index contributed by atoms with van der Waals surface area (Å²) in [5.41, 5.74) is -0.439. The van der Waals surface area contributed by atoms with E-state index >= 15 is 0 Å². The molecule has 2 aromatic rings. The zero-order chi connectivity index (χ0) is 9.42. The van der Waals surface area contributed by atoms with E-state index in [4.69, 9.17) is 5.26 Å². The standard InChI is InChI=1S/C8H5N3O2/c9-4-5-7(12)6-2-1-3-11(6)10-8(5)13/h1-3,12H,(H,10,13). The van der Waals surface area contributed by atoms with Gasteiger partial charge in [0.05, 0.1) is 0 Å². The number of aromatic amines is 1. The quantitative estimate of drug-likeness (QED) is 0.600. The Morgan fingerprint density at radius 2 is 2.38 bits per heavy atom. The summed E-state index contributed by atoms with van der Waals surface area (Å²) >= 11 is 0. The molecule has 0 fully saturated rings. The van der Waals surface area contributed by atoms with Crippen molar-refractivity contribution in [2.75, 3.05) is 0 Å². The summed E-state index contributed by atoms with van der Waals surface area (Å²) in [6.45, 7) is 0. The first-order chi connectivity index (χ1) is 6.24. The van der Waals surface area contributed by atoms with Gasteiger partial charge in [-0.2, -0.15) is 5.26 Å². The molecule has 0 aliphatic heterocycles. The molecule has 0 aliphatic carbocycles. The van der Waals surface area contributed by atoms with Crippen molar-refractivity contribution in [2.24, 2.45) is 0 Å². The first kappa shape index (κ1) is 7.43. The van der Waals surface area contributed by atoms with Crippen molar-refractivity contribution in [3.8, 4) is 11.8 Å². The maximum absolute atomic E-state index is 11.1. The number of aromatic hydroxyl groups is 1. The maximum Gasteiger partial charge on any atom is 0.284 e. The van der Waals surface area contributed by atoms with Crippen molar-refractivity contribution < 1.29 is 5.11 Å². The Morgan fingerprint density at radius 1 is 1.62 bits per heavy atom. The van der Waals surface area contributed by atoms with E-state index in [-0.39, 0.29) is 11.3 Å². The fourth-order valence-electron chi connectivity index (χ4n) is 1.18. The van der Waals surface area contributed by atoms with Crippen LogP contribution in [0.1, 0.15) is 5.56 Å². The largest absolute Gasteiger partial charge is 0.504 e. The Morgan fingerprint density at radius 3 is 3.08 bits per heavy atom. The number of nitrogens with zero attached hydrogens (tertiary/aromatic N) is 2. The minimum Gasteiger partial charge on any atom is -0.504 e. The number of hydrogen-bond donors (Lipinski definition) is 2. The highest BCUT2D eigenvalue weighted by Gasteiger charge is 2.09. The normalized spacial score (nSPS) is 10.1. The lowest BCUT2D eigenvalue weighted by molar-refractivity contribution is 0.474. The number of rotatable bonds is 0. The molecule has 2 heterocycles. The molecule has 0 saturated carbocycles. The summed E-state index contributed by atoms with van der Waals surface area (Å²) in [5.74, 6) is -0.281. The highest BCUT2D eigenvalue weighted by atomic mass is 16.3. The third kappa shape index (κ3) is 0.891. The molecule has 0 amide bonds. The van der Waals surface area contributed by atoms with Crippen LogP contribution >= 0.6 is 0 Å². The van der Waals surface area contributed by atoms with Gasteiger partial charge >= 0.3 is 0 Å². The molecule has 0 aliphatic rings. The van der Waals surface area contributed by atoms with Gasteiger partial charge in [-0.15, -0.1) is 0 Å². The molecule has 0 saturated heterocycles. The second-order valence-electron chi connectivity index (χ2n) is 2.54. The SMILES string of the molecule is N#Cc1c(O)c2cccn2[nH]c1=O. The Bertz CT molecular complexity index is 559. The molecule has 2 rings (SSSR count). The Hall–Kier alpha value is -2.22.